The number of benzene rings is 2. The van der Waals surface area contributed by atoms with Crippen LogP contribution in [0.4, 0.5) is 0 Å². The number of hydrogen-bond acceptors (Lipinski definition) is 2. The van der Waals surface area contributed by atoms with Crippen LogP contribution in [0.1, 0.15) is 29.4 Å². The third kappa shape index (κ3) is 3.65. The second kappa shape index (κ2) is 7.82. The standard InChI is InChI=1S/C19H15BrCl2N2O2/c1-2-4-16-17(19(25)26)18(11-7-8-14(21)15(22)9-11)23-24(16)13-6-3-5-12(20)10-13/h3,5-10H,2,4H2,1H3,(H,25,26). The fraction of sp³-hybridized carbons (Fsp3) is 0.158. The lowest BCUT2D eigenvalue weighted by Crippen LogP contribution is -2.06. The van der Waals surface area contributed by atoms with Gasteiger partial charge in [-0.1, -0.05) is 64.6 Å². The summed E-state index contributed by atoms with van der Waals surface area (Å²) in [5.41, 5.74) is 2.61. The molecule has 0 amide bonds. The van der Waals surface area contributed by atoms with Gasteiger partial charge < -0.3 is 5.11 Å². The van der Waals surface area contributed by atoms with Crippen LogP contribution in [0.3, 0.4) is 0 Å². The molecule has 4 nitrogen and oxygen atoms in total. The molecule has 0 radical (unpaired) electrons. The van der Waals surface area contributed by atoms with E-state index < -0.39 is 5.97 Å². The summed E-state index contributed by atoms with van der Waals surface area (Å²) >= 11 is 15.6. The summed E-state index contributed by atoms with van der Waals surface area (Å²) in [6, 6.07) is 12.6. The van der Waals surface area contributed by atoms with Crippen LogP contribution in [0.2, 0.25) is 10.0 Å². The molecule has 0 aliphatic heterocycles. The van der Waals surface area contributed by atoms with Gasteiger partial charge in [-0.05, 0) is 36.8 Å². The van der Waals surface area contributed by atoms with Crippen LogP contribution in [-0.4, -0.2) is 20.9 Å². The zero-order valence-corrected chi connectivity index (χ0v) is 16.9. The SMILES string of the molecule is CCCc1c(C(=O)O)c(-c2ccc(Cl)c(Cl)c2)nn1-c1cccc(Br)c1. The fourth-order valence-electron chi connectivity index (χ4n) is 2.81. The highest BCUT2D eigenvalue weighted by Crippen LogP contribution is 2.33. The van der Waals surface area contributed by atoms with Gasteiger partial charge in [0.05, 0.1) is 21.4 Å². The molecule has 134 valence electrons. The Balaban J connectivity index is 2.29. The van der Waals surface area contributed by atoms with Crippen molar-refractivity contribution in [1.82, 2.24) is 9.78 Å². The van der Waals surface area contributed by atoms with Crippen molar-refractivity contribution in [2.75, 3.05) is 0 Å². The van der Waals surface area contributed by atoms with E-state index in [4.69, 9.17) is 23.2 Å². The number of rotatable bonds is 5. The Labute approximate surface area is 169 Å². The van der Waals surface area contributed by atoms with Crippen molar-refractivity contribution in [1.29, 1.82) is 0 Å². The third-order valence-electron chi connectivity index (χ3n) is 3.93. The number of carboxylic acids is 1. The molecule has 0 saturated carbocycles. The number of halogens is 3. The van der Waals surface area contributed by atoms with E-state index in [9.17, 15) is 9.90 Å². The van der Waals surface area contributed by atoms with E-state index in [1.165, 1.54) is 0 Å². The van der Waals surface area contributed by atoms with Crippen molar-refractivity contribution < 1.29 is 9.90 Å². The van der Waals surface area contributed by atoms with Crippen molar-refractivity contribution in [2.45, 2.75) is 19.8 Å². The molecule has 0 aliphatic carbocycles. The summed E-state index contributed by atoms with van der Waals surface area (Å²) < 4.78 is 2.58. The monoisotopic (exact) mass is 452 g/mol. The van der Waals surface area contributed by atoms with Gasteiger partial charge in [0.15, 0.2) is 0 Å². The molecule has 0 saturated heterocycles. The highest BCUT2D eigenvalue weighted by atomic mass is 79.9. The summed E-state index contributed by atoms with van der Waals surface area (Å²) in [5.74, 6) is -1.02. The van der Waals surface area contributed by atoms with Crippen molar-refractivity contribution in [3.63, 3.8) is 0 Å². The van der Waals surface area contributed by atoms with Crippen LogP contribution in [-0.2, 0) is 6.42 Å². The van der Waals surface area contributed by atoms with Crippen LogP contribution < -0.4 is 0 Å². The van der Waals surface area contributed by atoms with Gasteiger partial charge in [0.25, 0.3) is 0 Å². The fourth-order valence-corrected chi connectivity index (χ4v) is 3.50. The summed E-state index contributed by atoms with van der Waals surface area (Å²) in [6.07, 6.45) is 1.38. The lowest BCUT2D eigenvalue weighted by molar-refractivity contribution is 0.0696. The summed E-state index contributed by atoms with van der Waals surface area (Å²) in [5, 5.41) is 15.2. The quantitative estimate of drug-likeness (QED) is 0.495. The molecule has 0 aliphatic rings. The Morgan fingerprint density at radius 1 is 1.19 bits per heavy atom. The second-order valence-corrected chi connectivity index (χ2v) is 7.48. The van der Waals surface area contributed by atoms with Crippen molar-refractivity contribution >= 4 is 45.1 Å². The van der Waals surface area contributed by atoms with Gasteiger partial charge in [0.2, 0.25) is 0 Å². The number of hydrogen-bond donors (Lipinski definition) is 1. The molecule has 7 heteroatoms. The van der Waals surface area contributed by atoms with Crippen LogP contribution in [0.5, 0.6) is 0 Å². The molecule has 1 heterocycles. The van der Waals surface area contributed by atoms with Crippen LogP contribution in [0, 0.1) is 0 Å². The average Bonchev–Trinajstić information content (AvgIpc) is 2.97. The number of nitrogens with zero attached hydrogens (tertiary/aromatic N) is 2. The van der Waals surface area contributed by atoms with E-state index in [2.05, 4.69) is 21.0 Å². The molecule has 2 aromatic carbocycles. The first kappa shape index (κ1) is 19.0. The molecule has 3 rings (SSSR count). The van der Waals surface area contributed by atoms with Crippen molar-refractivity contribution in [3.05, 3.63) is 68.2 Å². The molecule has 3 aromatic rings. The van der Waals surface area contributed by atoms with E-state index in [1.807, 2.05) is 31.2 Å². The highest BCUT2D eigenvalue weighted by molar-refractivity contribution is 9.10. The van der Waals surface area contributed by atoms with Gasteiger partial charge in [-0.3, -0.25) is 0 Å². The first-order chi connectivity index (χ1) is 12.4. The molecule has 0 spiro atoms. The number of aromatic carboxylic acids is 1. The first-order valence-electron chi connectivity index (χ1n) is 7.99. The third-order valence-corrected chi connectivity index (χ3v) is 5.16. The highest BCUT2D eigenvalue weighted by Gasteiger charge is 2.25. The number of carboxylic acid groups (broad SMARTS) is 1. The van der Waals surface area contributed by atoms with Crippen LogP contribution in [0.15, 0.2) is 46.9 Å². The van der Waals surface area contributed by atoms with E-state index in [1.54, 1.807) is 22.9 Å². The van der Waals surface area contributed by atoms with E-state index >= 15 is 0 Å². The van der Waals surface area contributed by atoms with Gasteiger partial charge >= 0.3 is 5.97 Å². The van der Waals surface area contributed by atoms with E-state index in [0.717, 1.165) is 16.6 Å². The zero-order chi connectivity index (χ0) is 18.8. The summed E-state index contributed by atoms with van der Waals surface area (Å²) in [7, 11) is 0. The second-order valence-electron chi connectivity index (χ2n) is 5.75. The van der Waals surface area contributed by atoms with Gasteiger partial charge in [-0.15, -0.1) is 0 Å². The minimum atomic E-state index is -1.02. The number of carbonyl (C=O) groups is 1. The maximum atomic E-state index is 12.0. The Bertz CT molecular complexity index is 986. The molecular weight excluding hydrogens is 439 g/mol. The molecule has 0 unspecified atom stereocenters. The van der Waals surface area contributed by atoms with Gasteiger partial charge in [0, 0.05) is 10.0 Å². The Morgan fingerprint density at radius 2 is 1.96 bits per heavy atom. The minimum Gasteiger partial charge on any atom is -0.478 e. The minimum absolute atomic E-state index is 0.185. The van der Waals surface area contributed by atoms with Gasteiger partial charge in [0.1, 0.15) is 11.3 Å². The molecular formula is C19H15BrCl2N2O2. The molecule has 0 atom stereocenters. The number of aromatic nitrogens is 2. The topological polar surface area (TPSA) is 55.1 Å². The molecule has 1 aromatic heterocycles. The summed E-state index contributed by atoms with van der Waals surface area (Å²) in [6.45, 7) is 2.00. The van der Waals surface area contributed by atoms with Crippen LogP contribution >= 0.6 is 39.1 Å². The summed E-state index contributed by atoms with van der Waals surface area (Å²) in [4.78, 5) is 12.0. The largest absolute Gasteiger partial charge is 0.478 e. The first-order valence-corrected chi connectivity index (χ1v) is 9.53. The average molecular weight is 454 g/mol. The predicted molar refractivity (Wildman–Crippen MR) is 108 cm³/mol. The Hall–Kier alpha value is -1.82. The lowest BCUT2D eigenvalue weighted by atomic mass is 10.0. The van der Waals surface area contributed by atoms with E-state index in [0.29, 0.717) is 33.4 Å². The molecule has 0 bridgehead atoms. The Morgan fingerprint density at radius 3 is 2.58 bits per heavy atom. The maximum Gasteiger partial charge on any atom is 0.339 e. The molecule has 26 heavy (non-hydrogen) atoms. The van der Waals surface area contributed by atoms with Crippen molar-refractivity contribution in [2.24, 2.45) is 0 Å². The Kier molecular flexibility index (Phi) is 5.70. The predicted octanol–water partition coefficient (Wildman–Crippen LogP) is 6.26. The zero-order valence-electron chi connectivity index (χ0n) is 13.8. The van der Waals surface area contributed by atoms with E-state index in [-0.39, 0.29) is 5.56 Å². The lowest BCUT2D eigenvalue weighted by Gasteiger charge is -2.07. The maximum absolute atomic E-state index is 12.0. The van der Waals surface area contributed by atoms with Crippen molar-refractivity contribution in [3.8, 4) is 16.9 Å². The molecule has 1 N–H and O–H groups in total. The van der Waals surface area contributed by atoms with Crippen LogP contribution in [0.25, 0.3) is 16.9 Å². The molecule has 0 fully saturated rings. The van der Waals surface area contributed by atoms with Gasteiger partial charge in [-0.2, -0.15) is 5.10 Å². The smallest absolute Gasteiger partial charge is 0.339 e. The normalized spacial score (nSPS) is 10.9. The van der Waals surface area contributed by atoms with Gasteiger partial charge in [-0.25, -0.2) is 9.48 Å².